The fraction of sp³-hybridized carbons (Fsp3) is 0.235. The third-order valence-corrected chi connectivity index (χ3v) is 3.32. The summed E-state index contributed by atoms with van der Waals surface area (Å²) in [5.74, 6) is -0.0353. The SMILES string of the molecule is CCN(CC)C(=O)c1cncc(Nc2cccc(C#N)c2)c1. The van der Waals surface area contributed by atoms with Gasteiger partial charge in [-0.2, -0.15) is 5.26 Å². The Morgan fingerprint density at radius 1 is 1.23 bits per heavy atom. The maximum absolute atomic E-state index is 12.3. The fourth-order valence-corrected chi connectivity index (χ4v) is 2.15. The smallest absolute Gasteiger partial charge is 0.255 e. The van der Waals surface area contributed by atoms with Gasteiger partial charge >= 0.3 is 0 Å². The Morgan fingerprint density at radius 3 is 2.68 bits per heavy atom. The lowest BCUT2D eigenvalue weighted by Gasteiger charge is -2.18. The van der Waals surface area contributed by atoms with Crippen molar-refractivity contribution in [2.75, 3.05) is 18.4 Å². The van der Waals surface area contributed by atoms with E-state index in [0.29, 0.717) is 29.9 Å². The summed E-state index contributed by atoms with van der Waals surface area (Å²) < 4.78 is 0. The number of hydrogen-bond acceptors (Lipinski definition) is 4. The van der Waals surface area contributed by atoms with Crippen molar-refractivity contribution in [1.82, 2.24) is 9.88 Å². The zero-order chi connectivity index (χ0) is 15.9. The second kappa shape index (κ2) is 7.23. The summed E-state index contributed by atoms with van der Waals surface area (Å²) in [5, 5.41) is 12.1. The van der Waals surface area contributed by atoms with Crippen molar-refractivity contribution in [2.45, 2.75) is 13.8 Å². The molecule has 0 aliphatic carbocycles. The third kappa shape index (κ3) is 3.61. The van der Waals surface area contributed by atoms with E-state index in [1.54, 1.807) is 41.6 Å². The Hall–Kier alpha value is -2.87. The maximum atomic E-state index is 12.3. The van der Waals surface area contributed by atoms with E-state index in [9.17, 15) is 4.79 Å². The number of benzene rings is 1. The highest BCUT2D eigenvalue weighted by molar-refractivity contribution is 5.94. The highest BCUT2D eigenvalue weighted by Gasteiger charge is 2.13. The number of amides is 1. The number of aromatic nitrogens is 1. The average molecular weight is 294 g/mol. The lowest BCUT2D eigenvalue weighted by molar-refractivity contribution is 0.0772. The standard InChI is InChI=1S/C17H18N4O/c1-3-21(4-2)17(22)14-9-16(12-19-11-14)20-15-7-5-6-13(8-15)10-18/h5-9,11-12,20H,3-4H2,1-2H3. The molecule has 0 aliphatic rings. The van der Waals surface area contributed by atoms with Crippen LogP contribution in [0.3, 0.4) is 0 Å². The quantitative estimate of drug-likeness (QED) is 0.919. The largest absolute Gasteiger partial charge is 0.354 e. The Kier molecular flexibility index (Phi) is 5.10. The molecular weight excluding hydrogens is 276 g/mol. The van der Waals surface area contributed by atoms with Gasteiger partial charge in [-0.05, 0) is 38.1 Å². The zero-order valence-electron chi connectivity index (χ0n) is 12.7. The van der Waals surface area contributed by atoms with Crippen LogP contribution in [-0.2, 0) is 0 Å². The molecule has 5 heteroatoms. The highest BCUT2D eigenvalue weighted by atomic mass is 16.2. The first kappa shape index (κ1) is 15.5. The number of nitriles is 1. The molecule has 0 aliphatic heterocycles. The van der Waals surface area contributed by atoms with Crippen LogP contribution >= 0.6 is 0 Å². The number of rotatable bonds is 5. The Labute approximate surface area is 130 Å². The van der Waals surface area contributed by atoms with Gasteiger partial charge in [-0.3, -0.25) is 9.78 Å². The van der Waals surface area contributed by atoms with Gasteiger partial charge in [-0.25, -0.2) is 0 Å². The maximum Gasteiger partial charge on any atom is 0.255 e. The molecule has 0 saturated carbocycles. The minimum Gasteiger partial charge on any atom is -0.354 e. The van der Waals surface area contributed by atoms with Crippen LogP contribution in [0.1, 0.15) is 29.8 Å². The molecule has 1 aromatic heterocycles. The molecule has 1 N–H and O–H groups in total. The van der Waals surface area contributed by atoms with Crippen LogP contribution in [0.5, 0.6) is 0 Å². The second-order valence-electron chi connectivity index (χ2n) is 4.76. The zero-order valence-corrected chi connectivity index (χ0v) is 12.7. The van der Waals surface area contributed by atoms with Crippen molar-refractivity contribution < 1.29 is 4.79 Å². The molecule has 112 valence electrons. The lowest BCUT2D eigenvalue weighted by Crippen LogP contribution is -2.30. The number of nitrogens with one attached hydrogen (secondary N) is 1. The number of anilines is 2. The van der Waals surface area contributed by atoms with Gasteiger partial charge in [0.05, 0.1) is 29.1 Å². The average Bonchev–Trinajstić information content (AvgIpc) is 2.56. The van der Waals surface area contributed by atoms with Crippen LogP contribution in [0.15, 0.2) is 42.7 Å². The van der Waals surface area contributed by atoms with Crippen molar-refractivity contribution in [3.8, 4) is 6.07 Å². The summed E-state index contributed by atoms with van der Waals surface area (Å²) in [6.07, 6.45) is 3.22. The van der Waals surface area contributed by atoms with Crippen LogP contribution in [0.4, 0.5) is 11.4 Å². The van der Waals surface area contributed by atoms with Gasteiger partial charge in [0.25, 0.3) is 5.91 Å². The van der Waals surface area contributed by atoms with Crippen molar-refractivity contribution >= 4 is 17.3 Å². The first-order valence-electron chi connectivity index (χ1n) is 7.19. The summed E-state index contributed by atoms with van der Waals surface area (Å²) in [4.78, 5) is 18.2. The van der Waals surface area contributed by atoms with E-state index in [4.69, 9.17) is 5.26 Å². The number of carbonyl (C=O) groups is 1. The molecule has 0 radical (unpaired) electrons. The van der Waals surface area contributed by atoms with Crippen molar-refractivity contribution in [3.05, 3.63) is 53.9 Å². The van der Waals surface area contributed by atoms with E-state index in [0.717, 1.165) is 5.69 Å². The van der Waals surface area contributed by atoms with E-state index in [1.807, 2.05) is 19.9 Å². The molecule has 22 heavy (non-hydrogen) atoms. The minimum atomic E-state index is -0.0353. The van der Waals surface area contributed by atoms with Crippen molar-refractivity contribution in [2.24, 2.45) is 0 Å². The van der Waals surface area contributed by atoms with Gasteiger partial charge in [-0.1, -0.05) is 6.07 Å². The molecule has 2 aromatic rings. The van der Waals surface area contributed by atoms with Crippen molar-refractivity contribution in [3.63, 3.8) is 0 Å². The molecule has 2 rings (SSSR count). The first-order chi connectivity index (χ1) is 10.7. The molecule has 5 nitrogen and oxygen atoms in total. The predicted octanol–water partition coefficient (Wildman–Crippen LogP) is 3.18. The van der Waals surface area contributed by atoms with Crippen LogP contribution in [-0.4, -0.2) is 28.9 Å². The van der Waals surface area contributed by atoms with Crippen LogP contribution in [0.2, 0.25) is 0 Å². The molecule has 0 unspecified atom stereocenters. The molecule has 1 amide bonds. The number of pyridine rings is 1. The highest BCUT2D eigenvalue weighted by Crippen LogP contribution is 2.18. The molecule has 0 saturated heterocycles. The molecule has 0 bridgehead atoms. The lowest BCUT2D eigenvalue weighted by atomic mass is 10.2. The molecule has 1 heterocycles. The van der Waals surface area contributed by atoms with E-state index in [-0.39, 0.29) is 5.91 Å². The van der Waals surface area contributed by atoms with Crippen LogP contribution in [0.25, 0.3) is 0 Å². The Bertz CT molecular complexity index is 702. The summed E-state index contributed by atoms with van der Waals surface area (Å²) >= 11 is 0. The number of nitrogens with zero attached hydrogens (tertiary/aromatic N) is 3. The topological polar surface area (TPSA) is 69.0 Å². The number of carbonyl (C=O) groups excluding carboxylic acids is 1. The molecule has 0 spiro atoms. The van der Waals surface area contributed by atoms with Crippen molar-refractivity contribution in [1.29, 1.82) is 5.26 Å². The fourth-order valence-electron chi connectivity index (χ4n) is 2.15. The monoisotopic (exact) mass is 294 g/mol. The van der Waals surface area contributed by atoms with E-state index in [1.165, 1.54) is 0 Å². The normalized spacial score (nSPS) is 9.86. The van der Waals surface area contributed by atoms with Gasteiger partial charge in [-0.15, -0.1) is 0 Å². The molecular formula is C17H18N4O. The molecule has 0 atom stereocenters. The van der Waals surface area contributed by atoms with Crippen LogP contribution in [0, 0.1) is 11.3 Å². The molecule has 1 aromatic carbocycles. The van der Waals surface area contributed by atoms with E-state index >= 15 is 0 Å². The Balaban J connectivity index is 2.21. The van der Waals surface area contributed by atoms with Gasteiger partial charge in [0.1, 0.15) is 0 Å². The van der Waals surface area contributed by atoms with E-state index in [2.05, 4.69) is 16.4 Å². The van der Waals surface area contributed by atoms with Gasteiger partial charge in [0, 0.05) is 25.0 Å². The predicted molar refractivity (Wildman–Crippen MR) is 85.9 cm³/mol. The minimum absolute atomic E-state index is 0.0353. The van der Waals surface area contributed by atoms with Crippen LogP contribution < -0.4 is 5.32 Å². The summed E-state index contributed by atoms with van der Waals surface area (Å²) in [6, 6.07) is 11.0. The summed E-state index contributed by atoms with van der Waals surface area (Å²) in [5.41, 5.74) is 2.62. The third-order valence-electron chi connectivity index (χ3n) is 3.32. The van der Waals surface area contributed by atoms with E-state index < -0.39 is 0 Å². The summed E-state index contributed by atoms with van der Waals surface area (Å²) in [7, 11) is 0. The van der Waals surface area contributed by atoms with Gasteiger partial charge in [0.2, 0.25) is 0 Å². The number of hydrogen-bond donors (Lipinski definition) is 1. The summed E-state index contributed by atoms with van der Waals surface area (Å²) in [6.45, 7) is 5.23. The van der Waals surface area contributed by atoms with Gasteiger partial charge in [0.15, 0.2) is 0 Å². The second-order valence-corrected chi connectivity index (χ2v) is 4.76. The first-order valence-corrected chi connectivity index (χ1v) is 7.19. The van der Waals surface area contributed by atoms with Gasteiger partial charge < -0.3 is 10.2 Å². The Morgan fingerprint density at radius 2 is 2.00 bits per heavy atom. The molecule has 0 fully saturated rings.